The van der Waals surface area contributed by atoms with Gasteiger partial charge in [-0.25, -0.2) is 18.2 Å². The molecule has 1 fully saturated rings. The number of piperidine rings is 1. The van der Waals surface area contributed by atoms with Crippen LogP contribution in [0.3, 0.4) is 0 Å². The van der Waals surface area contributed by atoms with Crippen molar-refractivity contribution in [2.75, 3.05) is 6.54 Å². The van der Waals surface area contributed by atoms with Gasteiger partial charge in [-0.15, -0.1) is 21.5 Å². The Morgan fingerprint density at radius 1 is 1.14 bits per heavy atom. The molecule has 0 spiro atoms. The molecule has 1 saturated heterocycles. The van der Waals surface area contributed by atoms with Gasteiger partial charge in [0.05, 0.1) is 15.8 Å². The van der Waals surface area contributed by atoms with Gasteiger partial charge in [-0.2, -0.15) is 0 Å². The summed E-state index contributed by atoms with van der Waals surface area (Å²) in [5.41, 5.74) is 0.973. The van der Waals surface area contributed by atoms with Crippen LogP contribution < -0.4 is 0 Å². The topological polar surface area (TPSA) is 72.1 Å². The van der Waals surface area contributed by atoms with Crippen LogP contribution in [0.15, 0.2) is 53.3 Å². The standard InChI is InChI=1S/C25H21F3N4O2S/c1-14-30-22(23(35-14)15-8-10-16(26)11-9-15)25(33)32-12-3-2-7-19(32)20(24-31-29-13-34-24)17-5-4-6-18(27)21(17)28/h4-6,8-11,13,19-20H,2-3,7,12H2,1H3/t19-,20?/m0/s1. The maximum absolute atomic E-state index is 15.0. The van der Waals surface area contributed by atoms with Crippen molar-refractivity contribution in [1.29, 1.82) is 0 Å². The molecule has 4 aromatic rings. The molecule has 0 bridgehead atoms. The molecule has 0 radical (unpaired) electrons. The van der Waals surface area contributed by atoms with E-state index in [1.165, 1.54) is 35.6 Å². The highest BCUT2D eigenvalue weighted by Gasteiger charge is 2.40. The van der Waals surface area contributed by atoms with Crippen molar-refractivity contribution in [2.45, 2.75) is 38.1 Å². The Morgan fingerprint density at radius 2 is 1.94 bits per heavy atom. The van der Waals surface area contributed by atoms with Crippen LogP contribution in [0.2, 0.25) is 0 Å². The molecular weight excluding hydrogens is 477 g/mol. The largest absolute Gasteiger partial charge is 0.427 e. The van der Waals surface area contributed by atoms with Gasteiger partial charge in [0.15, 0.2) is 11.6 Å². The third-order valence-electron chi connectivity index (χ3n) is 6.20. The number of nitrogens with zero attached hydrogens (tertiary/aromatic N) is 4. The number of rotatable bonds is 5. The normalized spacial score (nSPS) is 16.9. The number of halogens is 3. The van der Waals surface area contributed by atoms with E-state index in [0.29, 0.717) is 28.4 Å². The molecule has 1 amide bonds. The molecule has 1 aliphatic heterocycles. The Kier molecular flexibility index (Phi) is 6.38. The minimum atomic E-state index is -1.01. The van der Waals surface area contributed by atoms with Crippen LogP contribution in [-0.2, 0) is 0 Å². The Bertz CT molecular complexity index is 1340. The quantitative estimate of drug-likeness (QED) is 0.351. The van der Waals surface area contributed by atoms with Gasteiger partial charge in [0.2, 0.25) is 12.3 Å². The second-order valence-electron chi connectivity index (χ2n) is 8.38. The molecule has 0 aliphatic carbocycles. The third-order valence-corrected chi connectivity index (χ3v) is 7.22. The maximum Gasteiger partial charge on any atom is 0.274 e. The zero-order chi connectivity index (χ0) is 24.5. The van der Waals surface area contributed by atoms with E-state index in [9.17, 15) is 18.0 Å². The number of benzene rings is 2. The molecule has 2 aromatic carbocycles. The monoisotopic (exact) mass is 498 g/mol. The van der Waals surface area contributed by atoms with Gasteiger partial charge in [0, 0.05) is 18.2 Å². The smallest absolute Gasteiger partial charge is 0.274 e. The van der Waals surface area contributed by atoms with Crippen LogP contribution in [0, 0.1) is 24.4 Å². The number of aromatic nitrogens is 3. The highest BCUT2D eigenvalue weighted by atomic mass is 32.1. The van der Waals surface area contributed by atoms with E-state index in [2.05, 4.69) is 15.2 Å². The molecule has 5 rings (SSSR count). The lowest BCUT2D eigenvalue weighted by Crippen LogP contribution is -2.47. The van der Waals surface area contributed by atoms with Crippen molar-refractivity contribution >= 4 is 17.2 Å². The summed E-state index contributed by atoms with van der Waals surface area (Å²) >= 11 is 1.34. The summed E-state index contributed by atoms with van der Waals surface area (Å²) in [7, 11) is 0. The predicted molar refractivity (Wildman–Crippen MR) is 123 cm³/mol. The summed E-state index contributed by atoms with van der Waals surface area (Å²) in [6.07, 6.45) is 3.20. The van der Waals surface area contributed by atoms with Crippen molar-refractivity contribution in [3.63, 3.8) is 0 Å². The molecule has 2 aromatic heterocycles. The first-order chi connectivity index (χ1) is 16.9. The minimum Gasteiger partial charge on any atom is -0.427 e. The van der Waals surface area contributed by atoms with E-state index in [1.807, 2.05) is 0 Å². The number of thiazole rings is 1. The van der Waals surface area contributed by atoms with Crippen LogP contribution in [0.1, 0.15) is 52.1 Å². The molecule has 2 atom stereocenters. The number of amides is 1. The molecule has 10 heteroatoms. The van der Waals surface area contributed by atoms with Gasteiger partial charge >= 0.3 is 0 Å². The summed E-state index contributed by atoms with van der Waals surface area (Å²) < 4.78 is 48.1. The molecular formula is C25H21F3N4O2S. The lowest BCUT2D eigenvalue weighted by atomic mass is 9.84. The second kappa shape index (κ2) is 9.61. The number of hydrogen-bond donors (Lipinski definition) is 0. The van der Waals surface area contributed by atoms with Crippen molar-refractivity contribution in [3.05, 3.63) is 88.5 Å². The van der Waals surface area contributed by atoms with E-state index >= 15 is 0 Å². The van der Waals surface area contributed by atoms with Gasteiger partial charge in [-0.1, -0.05) is 24.3 Å². The molecule has 35 heavy (non-hydrogen) atoms. The fraction of sp³-hybridized carbons (Fsp3) is 0.280. The van der Waals surface area contributed by atoms with Gasteiger partial charge < -0.3 is 9.32 Å². The highest BCUT2D eigenvalue weighted by molar-refractivity contribution is 7.15. The average Bonchev–Trinajstić information content (AvgIpc) is 3.52. The maximum atomic E-state index is 15.0. The third kappa shape index (κ3) is 4.45. The molecule has 1 unspecified atom stereocenters. The van der Waals surface area contributed by atoms with Crippen LogP contribution in [0.5, 0.6) is 0 Å². The number of likely N-dealkylation sites (tertiary alicyclic amines) is 1. The minimum absolute atomic E-state index is 0.0483. The van der Waals surface area contributed by atoms with Gasteiger partial charge in [0.25, 0.3) is 5.91 Å². The Morgan fingerprint density at radius 3 is 2.69 bits per heavy atom. The lowest BCUT2D eigenvalue weighted by molar-refractivity contribution is 0.0572. The van der Waals surface area contributed by atoms with Crippen LogP contribution in [0.4, 0.5) is 13.2 Å². The van der Waals surface area contributed by atoms with Gasteiger partial charge in [0.1, 0.15) is 11.5 Å². The molecule has 3 heterocycles. The van der Waals surface area contributed by atoms with Crippen molar-refractivity contribution in [2.24, 2.45) is 0 Å². The van der Waals surface area contributed by atoms with Crippen molar-refractivity contribution in [3.8, 4) is 10.4 Å². The van der Waals surface area contributed by atoms with E-state index in [1.54, 1.807) is 24.0 Å². The number of carbonyl (C=O) groups is 1. The molecule has 6 nitrogen and oxygen atoms in total. The number of carbonyl (C=O) groups excluding carboxylic acids is 1. The molecule has 0 saturated carbocycles. The first-order valence-electron chi connectivity index (χ1n) is 11.2. The first kappa shape index (κ1) is 23.2. The van der Waals surface area contributed by atoms with Gasteiger partial charge in [-0.3, -0.25) is 4.79 Å². The zero-order valence-electron chi connectivity index (χ0n) is 18.7. The van der Waals surface area contributed by atoms with Crippen LogP contribution >= 0.6 is 11.3 Å². The number of aryl methyl sites for hydroxylation is 1. The van der Waals surface area contributed by atoms with E-state index < -0.39 is 23.6 Å². The molecule has 0 N–H and O–H groups in total. The summed E-state index contributed by atoms with van der Waals surface area (Å²) in [5.74, 6) is -3.46. The summed E-state index contributed by atoms with van der Waals surface area (Å²) in [4.78, 5) is 20.7. The fourth-order valence-electron chi connectivity index (χ4n) is 4.64. The summed E-state index contributed by atoms with van der Waals surface area (Å²) in [6.45, 7) is 2.20. The Balaban J connectivity index is 1.57. The molecule has 180 valence electrons. The fourth-order valence-corrected chi connectivity index (χ4v) is 5.56. The molecule has 1 aliphatic rings. The second-order valence-corrected chi connectivity index (χ2v) is 9.58. The van der Waals surface area contributed by atoms with Crippen LogP contribution in [-0.4, -0.2) is 38.6 Å². The van der Waals surface area contributed by atoms with Crippen molar-refractivity contribution in [1.82, 2.24) is 20.1 Å². The summed E-state index contributed by atoms with van der Waals surface area (Å²) in [6, 6.07) is 9.26. The summed E-state index contributed by atoms with van der Waals surface area (Å²) in [5, 5.41) is 8.41. The number of hydrogen-bond acceptors (Lipinski definition) is 6. The SMILES string of the molecule is Cc1nc(C(=O)N2CCCC[C@H]2C(c2nnco2)c2cccc(F)c2F)c(-c2ccc(F)cc2)s1. The Hall–Kier alpha value is -3.53. The highest BCUT2D eigenvalue weighted by Crippen LogP contribution is 2.39. The average molecular weight is 499 g/mol. The zero-order valence-corrected chi connectivity index (χ0v) is 19.6. The predicted octanol–water partition coefficient (Wildman–Crippen LogP) is 5.75. The van der Waals surface area contributed by atoms with E-state index in [4.69, 9.17) is 4.42 Å². The first-order valence-corrected chi connectivity index (χ1v) is 12.0. The van der Waals surface area contributed by atoms with Crippen LogP contribution in [0.25, 0.3) is 10.4 Å². The van der Waals surface area contributed by atoms with Gasteiger partial charge in [-0.05, 0) is 49.9 Å². The van der Waals surface area contributed by atoms with E-state index in [-0.39, 0.29) is 28.9 Å². The lowest BCUT2D eigenvalue weighted by Gasteiger charge is -2.39. The van der Waals surface area contributed by atoms with Crippen molar-refractivity contribution < 1.29 is 22.4 Å². The Labute approximate surface area is 203 Å². The van der Waals surface area contributed by atoms with E-state index in [0.717, 1.165) is 25.3 Å².